The summed E-state index contributed by atoms with van der Waals surface area (Å²) in [5, 5.41) is 19.8. The number of nitro groups is 1. The van der Waals surface area contributed by atoms with Crippen LogP contribution in [-0.4, -0.2) is 28.0 Å². The first-order valence-corrected chi connectivity index (χ1v) is 5.61. The van der Waals surface area contributed by atoms with Crippen molar-refractivity contribution in [2.45, 2.75) is 6.54 Å². The molecule has 2 N–H and O–H groups in total. The lowest BCUT2D eigenvalue weighted by atomic mass is 10.1. The van der Waals surface area contributed by atoms with Crippen LogP contribution in [0.2, 0.25) is 0 Å². The highest BCUT2D eigenvalue weighted by molar-refractivity contribution is 5.95. The third kappa shape index (κ3) is 2.88. The Kier molecular flexibility index (Phi) is 3.89. The van der Waals surface area contributed by atoms with Crippen molar-refractivity contribution in [1.29, 1.82) is 0 Å². The van der Waals surface area contributed by atoms with Crippen LogP contribution in [0.1, 0.15) is 16.2 Å². The summed E-state index contributed by atoms with van der Waals surface area (Å²) in [6, 6.07) is 4.05. The van der Waals surface area contributed by atoms with Gasteiger partial charge in [0.1, 0.15) is 5.69 Å². The number of nitro benzene ring substituents is 1. The molecule has 0 bridgehead atoms. The Morgan fingerprint density at radius 3 is 2.90 bits per heavy atom. The van der Waals surface area contributed by atoms with E-state index in [4.69, 9.17) is 0 Å². The molecule has 1 heterocycles. The van der Waals surface area contributed by atoms with E-state index in [9.17, 15) is 14.9 Å². The Morgan fingerprint density at radius 2 is 2.30 bits per heavy atom. The van der Waals surface area contributed by atoms with E-state index < -0.39 is 4.92 Å². The average Bonchev–Trinajstić information content (AvgIpc) is 2.97. The van der Waals surface area contributed by atoms with Crippen molar-refractivity contribution >= 4 is 17.3 Å². The number of nitrogens with zero attached hydrogens (tertiary/aromatic N) is 3. The van der Waals surface area contributed by atoms with Gasteiger partial charge in [-0.25, -0.2) is 0 Å². The fraction of sp³-hybridized carbons (Fsp3) is 0.182. The van der Waals surface area contributed by atoms with Gasteiger partial charge in [0.25, 0.3) is 11.6 Å². The van der Waals surface area contributed by atoms with E-state index >= 15 is 0 Å². The number of amides is 1. The van der Waals surface area contributed by atoms with Gasteiger partial charge in [-0.2, -0.15) is 4.98 Å². The third-order valence-corrected chi connectivity index (χ3v) is 2.53. The van der Waals surface area contributed by atoms with E-state index in [0.29, 0.717) is 11.4 Å². The number of rotatable bonds is 5. The van der Waals surface area contributed by atoms with Gasteiger partial charge in [-0.3, -0.25) is 14.9 Å². The maximum absolute atomic E-state index is 11.5. The quantitative estimate of drug-likeness (QED) is 0.615. The number of hydrogen-bond acceptors (Lipinski definition) is 7. The molecule has 1 aromatic carbocycles. The first kappa shape index (κ1) is 13.5. The zero-order chi connectivity index (χ0) is 14.5. The Balaban J connectivity index is 2.26. The van der Waals surface area contributed by atoms with Gasteiger partial charge in [0.05, 0.1) is 11.5 Å². The fourth-order valence-electron chi connectivity index (χ4n) is 1.57. The van der Waals surface area contributed by atoms with Crippen LogP contribution in [0.4, 0.5) is 11.4 Å². The van der Waals surface area contributed by atoms with Crippen LogP contribution in [0.3, 0.4) is 0 Å². The van der Waals surface area contributed by atoms with E-state index in [1.165, 1.54) is 25.2 Å². The van der Waals surface area contributed by atoms with Crippen LogP contribution in [0.25, 0.3) is 0 Å². The Morgan fingerprint density at radius 1 is 1.50 bits per heavy atom. The molecule has 9 heteroatoms. The summed E-state index contributed by atoms with van der Waals surface area (Å²) in [6.07, 6.45) is 1.16. The summed E-state index contributed by atoms with van der Waals surface area (Å²) in [5.41, 5.74) is 0.385. The summed E-state index contributed by atoms with van der Waals surface area (Å²) < 4.78 is 4.56. The largest absolute Gasteiger partial charge is 0.372 e. The molecular formula is C11H11N5O4. The van der Waals surface area contributed by atoms with Crippen molar-refractivity contribution in [3.05, 3.63) is 46.1 Å². The van der Waals surface area contributed by atoms with Crippen LogP contribution in [0, 0.1) is 10.1 Å². The first-order chi connectivity index (χ1) is 9.61. The Hall–Kier alpha value is -2.97. The van der Waals surface area contributed by atoms with Crippen molar-refractivity contribution in [1.82, 2.24) is 15.5 Å². The van der Waals surface area contributed by atoms with Crippen molar-refractivity contribution in [2.75, 3.05) is 12.4 Å². The van der Waals surface area contributed by atoms with E-state index in [2.05, 4.69) is 25.3 Å². The number of anilines is 1. The molecule has 0 atom stereocenters. The molecule has 2 aromatic rings. The zero-order valence-electron chi connectivity index (χ0n) is 10.5. The lowest BCUT2D eigenvalue weighted by molar-refractivity contribution is -0.384. The normalized spacial score (nSPS) is 10.1. The number of benzene rings is 1. The first-order valence-electron chi connectivity index (χ1n) is 5.61. The van der Waals surface area contributed by atoms with E-state index in [1.807, 2.05) is 0 Å². The fourth-order valence-corrected chi connectivity index (χ4v) is 1.57. The summed E-state index contributed by atoms with van der Waals surface area (Å²) >= 11 is 0. The molecular weight excluding hydrogens is 266 g/mol. The highest BCUT2D eigenvalue weighted by Crippen LogP contribution is 2.25. The second-order valence-electron chi connectivity index (χ2n) is 3.77. The molecule has 0 aliphatic carbocycles. The second kappa shape index (κ2) is 5.78. The predicted molar refractivity (Wildman–Crippen MR) is 68.1 cm³/mol. The SMILES string of the molecule is CNC(=O)c1ccc([N+](=O)[O-])c(NCc2ncon2)c1. The van der Waals surface area contributed by atoms with Gasteiger partial charge in [-0.15, -0.1) is 0 Å². The van der Waals surface area contributed by atoms with E-state index in [0.717, 1.165) is 6.39 Å². The molecule has 0 aliphatic rings. The molecule has 0 saturated heterocycles. The number of nitrogens with one attached hydrogen (secondary N) is 2. The standard InChI is InChI=1S/C11H11N5O4/c1-12-11(17)7-2-3-9(16(18)19)8(4-7)13-5-10-14-6-20-15-10/h2-4,6,13H,5H2,1H3,(H,12,17). The van der Waals surface area contributed by atoms with Crippen molar-refractivity contribution in [2.24, 2.45) is 0 Å². The number of carbonyl (C=O) groups is 1. The zero-order valence-corrected chi connectivity index (χ0v) is 10.5. The molecule has 0 unspecified atom stereocenters. The van der Waals surface area contributed by atoms with E-state index in [1.54, 1.807) is 0 Å². The van der Waals surface area contributed by atoms with Gasteiger partial charge in [-0.1, -0.05) is 5.16 Å². The molecule has 0 radical (unpaired) electrons. The van der Waals surface area contributed by atoms with Crippen LogP contribution in [-0.2, 0) is 6.54 Å². The van der Waals surface area contributed by atoms with Gasteiger partial charge < -0.3 is 15.2 Å². The van der Waals surface area contributed by atoms with Crippen LogP contribution in [0.5, 0.6) is 0 Å². The molecule has 104 valence electrons. The molecule has 9 nitrogen and oxygen atoms in total. The smallest absolute Gasteiger partial charge is 0.292 e. The molecule has 0 saturated carbocycles. The van der Waals surface area contributed by atoms with Crippen molar-refractivity contribution < 1.29 is 14.2 Å². The highest BCUT2D eigenvalue weighted by atomic mass is 16.6. The predicted octanol–water partition coefficient (Wildman–Crippen LogP) is 0.950. The molecule has 0 fully saturated rings. The van der Waals surface area contributed by atoms with Gasteiger partial charge in [0.15, 0.2) is 5.82 Å². The van der Waals surface area contributed by atoms with Crippen molar-refractivity contribution in [3.63, 3.8) is 0 Å². The highest BCUT2D eigenvalue weighted by Gasteiger charge is 2.16. The minimum Gasteiger partial charge on any atom is -0.372 e. The Labute approximate surface area is 113 Å². The van der Waals surface area contributed by atoms with Crippen LogP contribution < -0.4 is 10.6 Å². The molecule has 1 amide bonds. The number of aromatic nitrogens is 2. The molecule has 2 rings (SSSR count). The monoisotopic (exact) mass is 277 g/mol. The Bertz CT molecular complexity index is 626. The lowest BCUT2D eigenvalue weighted by Gasteiger charge is -2.07. The van der Waals surface area contributed by atoms with Crippen molar-refractivity contribution in [3.8, 4) is 0 Å². The van der Waals surface area contributed by atoms with Gasteiger partial charge in [-0.05, 0) is 12.1 Å². The molecule has 0 aliphatic heterocycles. The van der Waals surface area contributed by atoms with Gasteiger partial charge in [0.2, 0.25) is 6.39 Å². The van der Waals surface area contributed by atoms with Crippen LogP contribution in [0.15, 0.2) is 29.1 Å². The molecule has 20 heavy (non-hydrogen) atoms. The topological polar surface area (TPSA) is 123 Å². The van der Waals surface area contributed by atoms with Gasteiger partial charge >= 0.3 is 0 Å². The third-order valence-electron chi connectivity index (χ3n) is 2.53. The number of carbonyl (C=O) groups excluding carboxylic acids is 1. The summed E-state index contributed by atoms with van der Waals surface area (Å²) in [7, 11) is 1.48. The van der Waals surface area contributed by atoms with Gasteiger partial charge in [0, 0.05) is 18.7 Å². The minimum atomic E-state index is -0.536. The summed E-state index contributed by atoms with van der Waals surface area (Å²) in [5.74, 6) is 0.0205. The minimum absolute atomic E-state index is 0.138. The van der Waals surface area contributed by atoms with E-state index in [-0.39, 0.29) is 23.8 Å². The maximum Gasteiger partial charge on any atom is 0.292 e. The summed E-state index contributed by atoms with van der Waals surface area (Å²) in [6.45, 7) is 0.147. The maximum atomic E-state index is 11.5. The lowest BCUT2D eigenvalue weighted by Crippen LogP contribution is -2.18. The molecule has 0 spiro atoms. The second-order valence-corrected chi connectivity index (χ2v) is 3.77. The number of hydrogen-bond donors (Lipinski definition) is 2. The molecule has 1 aromatic heterocycles. The average molecular weight is 277 g/mol. The van der Waals surface area contributed by atoms with Crippen LogP contribution >= 0.6 is 0 Å². The summed E-state index contributed by atoms with van der Waals surface area (Å²) in [4.78, 5) is 25.7.